The Labute approximate surface area is 231 Å². The number of methoxy groups -OCH3 is 1. The van der Waals surface area contributed by atoms with Crippen molar-refractivity contribution < 1.29 is 19.0 Å². The summed E-state index contributed by atoms with van der Waals surface area (Å²) in [5.41, 5.74) is 1.40. The Bertz CT molecular complexity index is 1180. The number of ether oxygens (including phenoxy) is 1. The van der Waals surface area contributed by atoms with Gasteiger partial charge in [0.2, 0.25) is 0 Å². The molecule has 3 aromatic rings. The number of rotatable bonds is 13. The molecule has 1 unspecified atom stereocenters. The van der Waals surface area contributed by atoms with Crippen molar-refractivity contribution >= 4 is 51.6 Å². The van der Waals surface area contributed by atoms with E-state index in [1.807, 2.05) is 36.0 Å². The van der Waals surface area contributed by atoms with Crippen molar-refractivity contribution in [2.45, 2.75) is 48.9 Å². The molecule has 0 radical (unpaired) electrons. The Kier molecular flexibility index (Phi) is 10.5. The predicted molar refractivity (Wildman–Crippen MR) is 151 cm³/mol. The smallest absolute Gasteiger partial charge is 0.303 e. The second-order valence-electron chi connectivity index (χ2n) is 9.63. The van der Waals surface area contributed by atoms with E-state index < -0.39 is 12.1 Å². The van der Waals surface area contributed by atoms with Crippen molar-refractivity contribution in [2.24, 2.45) is 11.8 Å². The van der Waals surface area contributed by atoms with Crippen LogP contribution in [0.2, 0.25) is 4.34 Å². The number of alkyl halides is 1. The Balaban J connectivity index is 1.32. The van der Waals surface area contributed by atoms with E-state index in [0.717, 1.165) is 59.9 Å². The number of hydrogen-bond acceptors (Lipinski definition) is 6. The monoisotopic (exact) mass is 564 g/mol. The Hall–Kier alpha value is -1.87. The molecular formula is C28H34ClFN2O3S2. The minimum Gasteiger partial charge on any atom is -0.497 e. The van der Waals surface area contributed by atoms with Gasteiger partial charge in [-0.1, -0.05) is 11.6 Å². The van der Waals surface area contributed by atoms with E-state index in [9.17, 15) is 9.90 Å². The first-order chi connectivity index (χ1) is 17.9. The minimum absolute atomic E-state index is 0.165. The molecule has 0 saturated carbocycles. The first-order valence-electron chi connectivity index (χ1n) is 12.8. The second-order valence-corrected chi connectivity index (χ2v) is 12.7. The standard InChI is InChI=1S/C28H34ClFN2O3S2/c1-35-21-5-7-25-23(17-21)22(11-13-31-25)24(30)6-3-19-12-15-32(18-20(19)4-9-27(33)34)14-2-16-36-28-10-8-26(29)37-28/h5,7-8,10-11,13,17,19-20,24H,2-4,6,9,12,14-16,18H2,1H3,(H,33,34)/t19-,20+,24?/m1/s1. The predicted octanol–water partition coefficient (Wildman–Crippen LogP) is 7.73. The van der Waals surface area contributed by atoms with Crippen molar-refractivity contribution in [3.05, 3.63) is 52.5 Å². The second kappa shape index (κ2) is 13.8. The number of thiophene rings is 1. The zero-order valence-corrected chi connectivity index (χ0v) is 23.5. The van der Waals surface area contributed by atoms with Crippen LogP contribution in [0.3, 0.4) is 0 Å². The lowest BCUT2D eigenvalue weighted by Crippen LogP contribution is -2.41. The van der Waals surface area contributed by atoms with Gasteiger partial charge >= 0.3 is 5.97 Å². The van der Waals surface area contributed by atoms with Gasteiger partial charge in [-0.05, 0) is 99.0 Å². The SMILES string of the molecule is COc1ccc2nccc(C(F)CC[C@@H]3CCN(CCCSc4ccc(Cl)s4)C[C@@H]3CCC(=O)O)c2c1. The van der Waals surface area contributed by atoms with Gasteiger partial charge in [-0.15, -0.1) is 23.1 Å². The first kappa shape index (κ1) is 28.1. The molecule has 37 heavy (non-hydrogen) atoms. The molecule has 1 aliphatic heterocycles. The molecule has 0 aliphatic carbocycles. The number of carboxylic acid groups (broad SMARTS) is 1. The summed E-state index contributed by atoms with van der Waals surface area (Å²) < 4.78 is 22.9. The number of thioether (sulfide) groups is 1. The lowest BCUT2D eigenvalue weighted by molar-refractivity contribution is -0.137. The van der Waals surface area contributed by atoms with Gasteiger partial charge in [-0.25, -0.2) is 4.39 Å². The molecule has 3 atom stereocenters. The fraction of sp³-hybridized carbons (Fsp3) is 0.500. The molecule has 4 rings (SSSR count). The van der Waals surface area contributed by atoms with Crippen LogP contribution in [0.15, 0.2) is 46.8 Å². The molecule has 2 aromatic heterocycles. The largest absolute Gasteiger partial charge is 0.497 e. The van der Waals surface area contributed by atoms with E-state index in [4.69, 9.17) is 16.3 Å². The van der Waals surface area contributed by atoms with Crippen LogP contribution >= 0.6 is 34.7 Å². The molecule has 0 bridgehead atoms. The first-order valence-corrected chi connectivity index (χ1v) is 15.0. The van der Waals surface area contributed by atoms with Crippen LogP contribution in [0.5, 0.6) is 5.75 Å². The number of fused-ring (bicyclic) bond motifs is 1. The van der Waals surface area contributed by atoms with Gasteiger partial charge in [-0.3, -0.25) is 9.78 Å². The van der Waals surface area contributed by atoms with Crippen LogP contribution in [0, 0.1) is 11.8 Å². The number of carboxylic acids is 1. The average molecular weight is 565 g/mol. The molecule has 1 N–H and O–H groups in total. The number of carbonyl (C=O) groups is 1. The summed E-state index contributed by atoms with van der Waals surface area (Å²) in [6, 6.07) is 11.3. The summed E-state index contributed by atoms with van der Waals surface area (Å²) >= 11 is 9.46. The summed E-state index contributed by atoms with van der Waals surface area (Å²) in [6.45, 7) is 2.87. The summed E-state index contributed by atoms with van der Waals surface area (Å²) in [4.78, 5) is 18.1. The Morgan fingerprint density at radius 3 is 2.92 bits per heavy atom. The zero-order valence-electron chi connectivity index (χ0n) is 21.1. The van der Waals surface area contributed by atoms with Crippen LogP contribution in [-0.2, 0) is 4.79 Å². The highest BCUT2D eigenvalue weighted by atomic mass is 35.5. The highest BCUT2D eigenvalue weighted by Crippen LogP contribution is 2.37. The van der Waals surface area contributed by atoms with Crippen LogP contribution in [-0.4, -0.2) is 53.5 Å². The van der Waals surface area contributed by atoms with E-state index >= 15 is 4.39 Å². The van der Waals surface area contributed by atoms with Crippen molar-refractivity contribution in [3.63, 3.8) is 0 Å². The molecule has 5 nitrogen and oxygen atoms in total. The van der Waals surface area contributed by atoms with E-state index in [1.165, 1.54) is 4.21 Å². The molecule has 200 valence electrons. The maximum absolute atomic E-state index is 15.5. The van der Waals surface area contributed by atoms with Gasteiger partial charge in [0.05, 0.1) is 21.2 Å². The fourth-order valence-corrected chi connectivity index (χ4v) is 7.58. The molecule has 9 heteroatoms. The molecule has 0 spiro atoms. The van der Waals surface area contributed by atoms with Gasteiger partial charge in [0.1, 0.15) is 11.9 Å². The quantitative estimate of drug-likeness (QED) is 0.169. The maximum Gasteiger partial charge on any atom is 0.303 e. The van der Waals surface area contributed by atoms with Gasteiger partial charge in [0.15, 0.2) is 0 Å². The van der Waals surface area contributed by atoms with Gasteiger partial charge in [-0.2, -0.15) is 0 Å². The third-order valence-corrected chi connectivity index (χ3v) is 9.77. The molecule has 3 heterocycles. The summed E-state index contributed by atoms with van der Waals surface area (Å²) in [5, 5.41) is 10.1. The Morgan fingerprint density at radius 1 is 1.30 bits per heavy atom. The van der Waals surface area contributed by atoms with Crippen molar-refractivity contribution in [3.8, 4) is 5.75 Å². The lowest BCUT2D eigenvalue weighted by Gasteiger charge is -2.39. The zero-order chi connectivity index (χ0) is 26.2. The fourth-order valence-electron chi connectivity index (χ4n) is 5.27. The Morgan fingerprint density at radius 2 is 2.16 bits per heavy atom. The average Bonchev–Trinajstić information content (AvgIpc) is 3.33. The maximum atomic E-state index is 15.5. The van der Waals surface area contributed by atoms with E-state index in [0.29, 0.717) is 30.1 Å². The third-order valence-electron chi connectivity index (χ3n) is 7.23. The number of benzene rings is 1. The molecular weight excluding hydrogens is 531 g/mol. The summed E-state index contributed by atoms with van der Waals surface area (Å²) in [7, 11) is 1.60. The van der Waals surface area contributed by atoms with Crippen LogP contribution in [0.4, 0.5) is 4.39 Å². The minimum atomic E-state index is -1.10. The number of aromatic nitrogens is 1. The number of aliphatic carboxylic acids is 1. The van der Waals surface area contributed by atoms with E-state index in [-0.39, 0.29) is 12.3 Å². The van der Waals surface area contributed by atoms with Crippen LogP contribution in [0.1, 0.15) is 50.3 Å². The van der Waals surface area contributed by atoms with E-state index in [2.05, 4.69) is 16.0 Å². The van der Waals surface area contributed by atoms with Crippen molar-refractivity contribution in [2.75, 3.05) is 32.5 Å². The summed E-state index contributed by atoms with van der Waals surface area (Å²) in [5.74, 6) is 1.56. The number of nitrogens with zero attached hydrogens (tertiary/aromatic N) is 2. The van der Waals surface area contributed by atoms with Gasteiger partial charge in [0, 0.05) is 30.3 Å². The normalized spacial score (nSPS) is 19.2. The lowest BCUT2D eigenvalue weighted by atomic mass is 9.79. The topological polar surface area (TPSA) is 62.7 Å². The van der Waals surface area contributed by atoms with Crippen molar-refractivity contribution in [1.82, 2.24) is 9.88 Å². The third kappa shape index (κ3) is 8.06. The van der Waals surface area contributed by atoms with Crippen LogP contribution < -0.4 is 4.74 Å². The van der Waals surface area contributed by atoms with Gasteiger partial charge < -0.3 is 14.7 Å². The number of hydrogen-bond donors (Lipinski definition) is 1. The van der Waals surface area contributed by atoms with Crippen LogP contribution in [0.25, 0.3) is 10.9 Å². The molecule has 1 aliphatic rings. The highest BCUT2D eigenvalue weighted by molar-refractivity contribution is 8.01. The highest BCUT2D eigenvalue weighted by Gasteiger charge is 2.30. The number of pyridine rings is 1. The van der Waals surface area contributed by atoms with Crippen molar-refractivity contribution in [1.29, 1.82) is 0 Å². The number of likely N-dealkylation sites (tertiary alicyclic amines) is 1. The number of piperidine rings is 1. The summed E-state index contributed by atoms with van der Waals surface area (Å²) in [6.07, 6.45) is 4.60. The van der Waals surface area contributed by atoms with Gasteiger partial charge in [0.25, 0.3) is 0 Å². The molecule has 1 saturated heterocycles. The number of halogens is 2. The molecule has 1 aromatic carbocycles. The molecule has 0 amide bonds. The molecule has 1 fully saturated rings. The van der Waals surface area contributed by atoms with E-state index in [1.54, 1.807) is 30.7 Å².